The van der Waals surface area contributed by atoms with Crippen LogP contribution < -0.4 is 5.32 Å². The van der Waals surface area contributed by atoms with Crippen molar-refractivity contribution in [1.82, 2.24) is 10.2 Å². The first-order valence-electron chi connectivity index (χ1n) is 5.75. The van der Waals surface area contributed by atoms with Gasteiger partial charge < -0.3 is 10.2 Å². The second-order valence-corrected chi connectivity index (χ2v) is 4.68. The van der Waals surface area contributed by atoms with Gasteiger partial charge in [-0.2, -0.15) is 0 Å². The Morgan fingerprint density at radius 1 is 1.36 bits per heavy atom. The molecule has 1 N–H and O–H groups in total. The minimum absolute atomic E-state index is 0.608. The van der Waals surface area contributed by atoms with E-state index >= 15 is 0 Å². The van der Waals surface area contributed by atoms with Crippen molar-refractivity contribution in [3.8, 4) is 0 Å². The molecule has 0 aromatic rings. The molecule has 0 saturated heterocycles. The van der Waals surface area contributed by atoms with Gasteiger partial charge in [0, 0.05) is 25.7 Å². The minimum atomic E-state index is 0.608. The maximum Gasteiger partial charge on any atom is 0.0104 e. The molecule has 1 aliphatic rings. The Morgan fingerprint density at radius 2 is 2.00 bits per heavy atom. The third kappa shape index (κ3) is 4.77. The average Bonchev–Trinajstić information content (AvgIpc) is 2.56. The molecule has 0 radical (unpaired) electrons. The van der Waals surface area contributed by atoms with Crippen LogP contribution in [0, 0.1) is 5.92 Å². The summed E-state index contributed by atoms with van der Waals surface area (Å²) in [4.78, 5) is 2.44. The highest BCUT2D eigenvalue weighted by atomic mass is 15.1. The van der Waals surface area contributed by atoms with Gasteiger partial charge >= 0.3 is 0 Å². The molecule has 1 aliphatic carbocycles. The summed E-state index contributed by atoms with van der Waals surface area (Å²) >= 11 is 0. The lowest BCUT2D eigenvalue weighted by Gasteiger charge is -2.21. The molecular formula is C12H24N2. The van der Waals surface area contributed by atoms with Crippen LogP contribution in [0.2, 0.25) is 0 Å². The highest BCUT2D eigenvalue weighted by Crippen LogP contribution is 2.17. The van der Waals surface area contributed by atoms with Gasteiger partial charge in [0.1, 0.15) is 0 Å². The molecule has 1 rings (SSSR count). The minimum Gasteiger partial charge on any atom is -0.313 e. The van der Waals surface area contributed by atoms with E-state index in [2.05, 4.69) is 43.3 Å². The van der Waals surface area contributed by atoms with Crippen LogP contribution in [0.25, 0.3) is 0 Å². The van der Waals surface area contributed by atoms with Crippen LogP contribution in [-0.4, -0.2) is 37.6 Å². The Labute approximate surface area is 88.4 Å². The van der Waals surface area contributed by atoms with Gasteiger partial charge in [0.25, 0.3) is 0 Å². The van der Waals surface area contributed by atoms with Crippen molar-refractivity contribution in [1.29, 1.82) is 0 Å². The first kappa shape index (κ1) is 11.7. The number of hydrogen-bond acceptors (Lipinski definition) is 2. The maximum absolute atomic E-state index is 3.44. The molecule has 0 atom stereocenters. The Bertz CT molecular complexity index is 167. The van der Waals surface area contributed by atoms with E-state index in [9.17, 15) is 0 Å². The topological polar surface area (TPSA) is 15.3 Å². The van der Waals surface area contributed by atoms with Gasteiger partial charge in [-0.05, 0) is 25.8 Å². The molecule has 14 heavy (non-hydrogen) atoms. The molecule has 0 aliphatic heterocycles. The Balaban J connectivity index is 2.01. The van der Waals surface area contributed by atoms with Gasteiger partial charge in [-0.15, -0.1) is 0 Å². The Morgan fingerprint density at radius 3 is 2.57 bits per heavy atom. The zero-order valence-electron chi connectivity index (χ0n) is 9.79. The lowest BCUT2D eigenvalue weighted by atomic mass is 10.1. The standard InChI is InChI=1S/C12H24N2/c1-11(2)13-8-9-14(3)10-12-6-4-5-7-12/h4-5,11-13H,6-10H2,1-3H3. The quantitative estimate of drug-likeness (QED) is 0.653. The summed E-state index contributed by atoms with van der Waals surface area (Å²) in [6, 6.07) is 0.608. The molecule has 0 amide bonds. The fourth-order valence-corrected chi connectivity index (χ4v) is 1.90. The van der Waals surface area contributed by atoms with Crippen LogP contribution >= 0.6 is 0 Å². The SMILES string of the molecule is CC(C)NCCN(C)CC1CC=CC1. The number of allylic oxidation sites excluding steroid dienone is 2. The van der Waals surface area contributed by atoms with Gasteiger partial charge in [0.2, 0.25) is 0 Å². The van der Waals surface area contributed by atoms with Gasteiger partial charge in [-0.3, -0.25) is 0 Å². The van der Waals surface area contributed by atoms with Crippen LogP contribution in [0.3, 0.4) is 0 Å². The van der Waals surface area contributed by atoms with E-state index in [1.165, 1.54) is 19.4 Å². The third-order valence-corrected chi connectivity index (χ3v) is 2.72. The molecule has 0 unspecified atom stereocenters. The third-order valence-electron chi connectivity index (χ3n) is 2.72. The average molecular weight is 196 g/mol. The zero-order chi connectivity index (χ0) is 10.4. The first-order valence-corrected chi connectivity index (χ1v) is 5.75. The molecule has 0 fully saturated rings. The molecule has 82 valence electrons. The number of hydrogen-bond donors (Lipinski definition) is 1. The predicted octanol–water partition coefficient (Wildman–Crippen LogP) is 1.88. The smallest absolute Gasteiger partial charge is 0.0104 e. The van der Waals surface area contributed by atoms with Gasteiger partial charge in [0.05, 0.1) is 0 Å². The van der Waals surface area contributed by atoms with Crippen molar-refractivity contribution in [3.63, 3.8) is 0 Å². The van der Waals surface area contributed by atoms with Crippen molar-refractivity contribution in [2.45, 2.75) is 32.7 Å². The second-order valence-electron chi connectivity index (χ2n) is 4.68. The molecule has 2 nitrogen and oxygen atoms in total. The summed E-state index contributed by atoms with van der Waals surface area (Å²) in [6.45, 7) is 7.90. The monoisotopic (exact) mass is 196 g/mol. The predicted molar refractivity (Wildman–Crippen MR) is 62.5 cm³/mol. The zero-order valence-corrected chi connectivity index (χ0v) is 9.79. The number of rotatable bonds is 6. The Kier molecular flexibility index (Phi) is 5.20. The van der Waals surface area contributed by atoms with Gasteiger partial charge in [0.15, 0.2) is 0 Å². The summed E-state index contributed by atoms with van der Waals surface area (Å²) in [5.41, 5.74) is 0. The van der Waals surface area contributed by atoms with E-state index in [4.69, 9.17) is 0 Å². The summed E-state index contributed by atoms with van der Waals surface area (Å²) in [6.07, 6.45) is 7.18. The van der Waals surface area contributed by atoms with Crippen LogP contribution in [-0.2, 0) is 0 Å². The number of nitrogens with zero attached hydrogens (tertiary/aromatic N) is 1. The van der Waals surface area contributed by atoms with Crippen molar-refractivity contribution >= 4 is 0 Å². The highest BCUT2D eigenvalue weighted by Gasteiger charge is 2.12. The highest BCUT2D eigenvalue weighted by molar-refractivity contribution is 4.94. The molecule has 0 aromatic heterocycles. The van der Waals surface area contributed by atoms with Gasteiger partial charge in [-0.25, -0.2) is 0 Å². The largest absolute Gasteiger partial charge is 0.313 e. The van der Waals surface area contributed by atoms with Crippen LogP contribution in [0.1, 0.15) is 26.7 Å². The normalized spacial score (nSPS) is 17.5. The number of likely N-dealkylation sites (N-methyl/N-ethyl adjacent to an activating group) is 1. The fourth-order valence-electron chi connectivity index (χ4n) is 1.90. The maximum atomic E-state index is 3.44. The summed E-state index contributed by atoms with van der Waals surface area (Å²) < 4.78 is 0. The second kappa shape index (κ2) is 6.20. The first-order chi connectivity index (χ1) is 6.68. The van der Waals surface area contributed by atoms with Crippen molar-refractivity contribution in [3.05, 3.63) is 12.2 Å². The summed E-state index contributed by atoms with van der Waals surface area (Å²) in [7, 11) is 2.22. The lowest BCUT2D eigenvalue weighted by molar-refractivity contribution is 0.279. The summed E-state index contributed by atoms with van der Waals surface area (Å²) in [5.74, 6) is 0.874. The number of nitrogens with one attached hydrogen (secondary N) is 1. The van der Waals surface area contributed by atoms with E-state index in [1.807, 2.05) is 0 Å². The fraction of sp³-hybridized carbons (Fsp3) is 0.833. The van der Waals surface area contributed by atoms with E-state index in [0.717, 1.165) is 19.0 Å². The van der Waals surface area contributed by atoms with Crippen LogP contribution in [0.5, 0.6) is 0 Å². The lowest BCUT2D eigenvalue weighted by Crippen LogP contribution is -2.34. The van der Waals surface area contributed by atoms with Crippen LogP contribution in [0.4, 0.5) is 0 Å². The molecule has 0 spiro atoms. The van der Waals surface area contributed by atoms with Gasteiger partial charge in [-0.1, -0.05) is 26.0 Å². The van der Waals surface area contributed by atoms with Crippen molar-refractivity contribution in [2.75, 3.05) is 26.7 Å². The van der Waals surface area contributed by atoms with Crippen molar-refractivity contribution in [2.24, 2.45) is 5.92 Å². The Hall–Kier alpha value is -0.340. The molecule has 2 heteroatoms. The summed E-state index contributed by atoms with van der Waals surface area (Å²) in [5, 5.41) is 3.44. The van der Waals surface area contributed by atoms with E-state index in [1.54, 1.807) is 0 Å². The van der Waals surface area contributed by atoms with E-state index in [0.29, 0.717) is 6.04 Å². The molecule has 0 aromatic carbocycles. The molecule has 0 saturated carbocycles. The van der Waals surface area contributed by atoms with Crippen LogP contribution in [0.15, 0.2) is 12.2 Å². The van der Waals surface area contributed by atoms with E-state index in [-0.39, 0.29) is 0 Å². The van der Waals surface area contributed by atoms with Crippen molar-refractivity contribution < 1.29 is 0 Å². The molecular weight excluding hydrogens is 172 g/mol. The van der Waals surface area contributed by atoms with E-state index < -0.39 is 0 Å². The molecule has 0 bridgehead atoms. The molecule has 0 heterocycles.